The third-order valence-electron chi connectivity index (χ3n) is 4.72. The number of anilines is 1. The number of benzene rings is 2. The molecule has 2 aromatic carbocycles. The summed E-state index contributed by atoms with van der Waals surface area (Å²) in [4.78, 5) is 4.39. The molecule has 0 fully saturated rings. The van der Waals surface area contributed by atoms with Gasteiger partial charge in [0.2, 0.25) is 0 Å². The molecule has 0 atom stereocenters. The topological polar surface area (TPSA) is 85.6 Å². The molecule has 0 saturated carbocycles. The van der Waals surface area contributed by atoms with E-state index in [-0.39, 0.29) is 21.4 Å². The number of ether oxygens (including phenoxy) is 1. The van der Waals surface area contributed by atoms with Crippen molar-refractivity contribution in [2.45, 2.75) is 18.7 Å². The van der Waals surface area contributed by atoms with E-state index >= 15 is 0 Å². The van der Waals surface area contributed by atoms with Gasteiger partial charge >= 0.3 is 0 Å². The third-order valence-corrected chi connectivity index (χ3v) is 6.34. The van der Waals surface area contributed by atoms with Crippen LogP contribution in [-0.4, -0.2) is 30.1 Å². The highest BCUT2D eigenvalue weighted by Crippen LogP contribution is 2.33. The summed E-state index contributed by atoms with van der Waals surface area (Å²) in [6.45, 7) is 3.78. The minimum absolute atomic E-state index is 0.113. The predicted octanol–water partition coefficient (Wildman–Crippen LogP) is 4.62. The van der Waals surface area contributed by atoms with E-state index in [1.54, 1.807) is 16.8 Å². The Morgan fingerprint density at radius 1 is 1.13 bits per heavy atom. The number of fused-ring (bicyclic) bond motifs is 1. The number of halogens is 2. The fourth-order valence-electron chi connectivity index (χ4n) is 3.30. The SMILES string of the molecule is COc1ccc(-c2cnn3c(C)cc(C)nc23)cc1S(=O)(=O)Nc1ccc(Cl)cc1F. The molecule has 4 aromatic rings. The van der Waals surface area contributed by atoms with Crippen LogP contribution < -0.4 is 9.46 Å². The van der Waals surface area contributed by atoms with Crippen LogP contribution in [0.25, 0.3) is 16.8 Å². The Balaban J connectivity index is 1.83. The second-order valence-electron chi connectivity index (χ2n) is 6.93. The molecule has 0 bridgehead atoms. The van der Waals surface area contributed by atoms with Gasteiger partial charge < -0.3 is 4.74 Å². The van der Waals surface area contributed by atoms with Crippen molar-refractivity contribution < 1.29 is 17.5 Å². The van der Waals surface area contributed by atoms with Crippen molar-refractivity contribution in [1.29, 1.82) is 0 Å². The zero-order valence-corrected chi connectivity index (χ0v) is 18.4. The van der Waals surface area contributed by atoms with Gasteiger partial charge in [0.15, 0.2) is 5.65 Å². The van der Waals surface area contributed by atoms with Gasteiger partial charge in [-0.1, -0.05) is 17.7 Å². The van der Waals surface area contributed by atoms with E-state index in [1.807, 2.05) is 19.9 Å². The lowest BCUT2D eigenvalue weighted by atomic mass is 10.1. The molecular formula is C21H18ClFN4O3S. The largest absolute Gasteiger partial charge is 0.495 e. The summed E-state index contributed by atoms with van der Waals surface area (Å²) in [5.74, 6) is -0.675. The fraction of sp³-hybridized carbons (Fsp3) is 0.143. The van der Waals surface area contributed by atoms with Crippen LogP contribution >= 0.6 is 11.6 Å². The van der Waals surface area contributed by atoms with Gasteiger partial charge in [-0.25, -0.2) is 22.3 Å². The third kappa shape index (κ3) is 3.94. The van der Waals surface area contributed by atoms with Crippen LogP contribution in [0.4, 0.5) is 10.1 Å². The molecule has 0 amide bonds. The average Bonchev–Trinajstić information content (AvgIpc) is 3.13. The Kier molecular flexibility index (Phi) is 5.32. The van der Waals surface area contributed by atoms with E-state index in [1.165, 1.54) is 31.4 Å². The van der Waals surface area contributed by atoms with E-state index < -0.39 is 15.8 Å². The summed E-state index contributed by atoms with van der Waals surface area (Å²) in [5, 5.41) is 4.51. The van der Waals surface area contributed by atoms with Crippen molar-refractivity contribution in [1.82, 2.24) is 14.6 Å². The van der Waals surface area contributed by atoms with Crippen LogP contribution in [0.1, 0.15) is 11.4 Å². The monoisotopic (exact) mass is 460 g/mol. The van der Waals surface area contributed by atoms with Crippen LogP contribution in [0.2, 0.25) is 5.02 Å². The molecule has 10 heteroatoms. The van der Waals surface area contributed by atoms with Gasteiger partial charge in [-0.05, 0) is 55.8 Å². The minimum Gasteiger partial charge on any atom is -0.495 e. The van der Waals surface area contributed by atoms with Crippen molar-refractivity contribution in [3.63, 3.8) is 0 Å². The van der Waals surface area contributed by atoms with Gasteiger partial charge in [0.25, 0.3) is 10.0 Å². The van der Waals surface area contributed by atoms with Crippen LogP contribution in [-0.2, 0) is 10.0 Å². The molecule has 31 heavy (non-hydrogen) atoms. The lowest BCUT2D eigenvalue weighted by Crippen LogP contribution is -2.15. The second kappa shape index (κ2) is 7.82. The average molecular weight is 461 g/mol. The summed E-state index contributed by atoms with van der Waals surface area (Å²) < 4.78 is 49.5. The molecule has 0 aliphatic rings. The zero-order chi connectivity index (χ0) is 22.3. The molecule has 1 N–H and O–H groups in total. The number of aromatic nitrogens is 3. The molecule has 0 aliphatic carbocycles. The van der Waals surface area contributed by atoms with Gasteiger partial charge in [-0.3, -0.25) is 4.72 Å². The highest BCUT2D eigenvalue weighted by atomic mass is 35.5. The summed E-state index contributed by atoms with van der Waals surface area (Å²) >= 11 is 5.75. The molecule has 2 aromatic heterocycles. The summed E-state index contributed by atoms with van der Waals surface area (Å²) in [6, 6.07) is 10.3. The lowest BCUT2D eigenvalue weighted by Gasteiger charge is -2.13. The van der Waals surface area contributed by atoms with Crippen molar-refractivity contribution in [2.75, 3.05) is 11.8 Å². The molecule has 0 aliphatic heterocycles. The molecule has 4 rings (SSSR count). The van der Waals surface area contributed by atoms with Crippen molar-refractivity contribution >= 4 is 33.0 Å². The lowest BCUT2D eigenvalue weighted by molar-refractivity contribution is 0.403. The number of nitrogens with one attached hydrogen (secondary N) is 1. The molecule has 0 spiro atoms. The van der Waals surface area contributed by atoms with Crippen LogP contribution in [0, 0.1) is 19.7 Å². The van der Waals surface area contributed by atoms with Gasteiger partial charge in [0.1, 0.15) is 16.5 Å². The number of nitrogens with zero attached hydrogens (tertiary/aromatic N) is 3. The number of methoxy groups -OCH3 is 1. The van der Waals surface area contributed by atoms with E-state index in [0.29, 0.717) is 16.8 Å². The molecule has 7 nitrogen and oxygen atoms in total. The van der Waals surface area contributed by atoms with Gasteiger partial charge in [-0.15, -0.1) is 0 Å². The first kappa shape index (κ1) is 21.1. The Hall–Kier alpha value is -3.17. The molecule has 0 unspecified atom stereocenters. The first-order valence-corrected chi connectivity index (χ1v) is 11.0. The Morgan fingerprint density at radius 3 is 2.61 bits per heavy atom. The standard InChI is InChI=1S/C21H18ClFN4O3S/c1-12-8-13(2)27-21(25-12)16(11-24-27)14-4-7-19(30-3)20(9-14)31(28,29)26-18-6-5-15(22)10-17(18)23/h4-11,26H,1-3H3. The molecule has 160 valence electrons. The maximum absolute atomic E-state index is 14.2. The fourth-order valence-corrected chi connectivity index (χ4v) is 4.72. The van der Waals surface area contributed by atoms with E-state index in [0.717, 1.165) is 17.5 Å². The Bertz CT molecular complexity index is 1420. The zero-order valence-electron chi connectivity index (χ0n) is 16.8. The van der Waals surface area contributed by atoms with Crippen molar-refractivity contribution in [2.24, 2.45) is 0 Å². The smallest absolute Gasteiger partial charge is 0.265 e. The number of rotatable bonds is 5. The first-order valence-electron chi connectivity index (χ1n) is 9.18. The highest BCUT2D eigenvalue weighted by molar-refractivity contribution is 7.92. The maximum atomic E-state index is 14.2. The minimum atomic E-state index is -4.18. The van der Waals surface area contributed by atoms with E-state index in [2.05, 4.69) is 14.8 Å². The normalized spacial score (nSPS) is 11.6. The second-order valence-corrected chi connectivity index (χ2v) is 9.02. The van der Waals surface area contributed by atoms with Crippen LogP contribution in [0.5, 0.6) is 5.75 Å². The van der Waals surface area contributed by atoms with Crippen LogP contribution in [0.15, 0.2) is 53.6 Å². The maximum Gasteiger partial charge on any atom is 0.265 e. The number of aryl methyl sites for hydroxylation is 2. The highest BCUT2D eigenvalue weighted by Gasteiger charge is 2.23. The van der Waals surface area contributed by atoms with E-state index in [9.17, 15) is 12.8 Å². The van der Waals surface area contributed by atoms with Crippen molar-refractivity contribution in [3.05, 3.63) is 70.9 Å². The van der Waals surface area contributed by atoms with Gasteiger partial charge in [0.05, 0.1) is 19.0 Å². The number of sulfonamides is 1. The predicted molar refractivity (Wildman–Crippen MR) is 117 cm³/mol. The summed E-state index contributed by atoms with van der Waals surface area (Å²) in [5.41, 5.74) is 3.32. The molecule has 0 saturated heterocycles. The molecule has 2 heterocycles. The molecule has 0 radical (unpaired) electrons. The van der Waals surface area contributed by atoms with E-state index in [4.69, 9.17) is 16.3 Å². The Labute approximate surface area is 183 Å². The van der Waals surface area contributed by atoms with Crippen molar-refractivity contribution in [3.8, 4) is 16.9 Å². The van der Waals surface area contributed by atoms with Crippen LogP contribution in [0.3, 0.4) is 0 Å². The number of hydrogen-bond acceptors (Lipinski definition) is 5. The Morgan fingerprint density at radius 2 is 1.90 bits per heavy atom. The number of hydrogen-bond donors (Lipinski definition) is 1. The summed E-state index contributed by atoms with van der Waals surface area (Å²) in [7, 11) is -2.82. The molecular weight excluding hydrogens is 443 g/mol. The quantitative estimate of drug-likeness (QED) is 0.470. The first-order chi connectivity index (χ1) is 14.7. The summed E-state index contributed by atoms with van der Waals surface area (Å²) in [6.07, 6.45) is 1.62. The van der Waals surface area contributed by atoms with Gasteiger partial charge in [0, 0.05) is 22.0 Å². The van der Waals surface area contributed by atoms with Gasteiger partial charge in [-0.2, -0.15) is 5.10 Å².